The molecule has 0 saturated carbocycles. The van der Waals surface area contributed by atoms with Crippen molar-refractivity contribution < 1.29 is 18.0 Å². The lowest BCUT2D eigenvalue weighted by Crippen LogP contribution is -2.43. The van der Waals surface area contributed by atoms with Gasteiger partial charge < -0.3 is 10.2 Å². The lowest BCUT2D eigenvalue weighted by Gasteiger charge is -2.34. The van der Waals surface area contributed by atoms with Gasteiger partial charge in [0.15, 0.2) is 11.7 Å². The molecule has 0 aromatic carbocycles. The van der Waals surface area contributed by atoms with Crippen LogP contribution in [0.3, 0.4) is 0 Å². The number of fused-ring (bicyclic) bond motifs is 1. The Kier molecular flexibility index (Phi) is 5.67. The van der Waals surface area contributed by atoms with E-state index in [1.807, 2.05) is 24.4 Å². The van der Waals surface area contributed by atoms with Crippen molar-refractivity contribution in [1.29, 1.82) is 0 Å². The minimum Gasteiger partial charge on any atom is -0.362 e. The molecule has 3 atom stereocenters. The van der Waals surface area contributed by atoms with Gasteiger partial charge in [-0.25, -0.2) is 4.68 Å². The Balaban J connectivity index is 1.72. The van der Waals surface area contributed by atoms with Gasteiger partial charge in [-0.05, 0) is 53.1 Å². The smallest absolute Gasteiger partial charge is 0.362 e. The number of aromatic nitrogens is 2. The molecule has 0 aliphatic carbocycles. The Morgan fingerprint density at radius 1 is 1.41 bits per heavy atom. The number of carbonyl (C=O) groups is 1. The molecule has 4 rings (SSSR count). The highest BCUT2D eigenvalue weighted by Crippen LogP contribution is 2.47. The van der Waals surface area contributed by atoms with E-state index in [-0.39, 0.29) is 29.9 Å². The molecule has 1 fully saturated rings. The molecule has 0 spiro atoms. The number of amides is 1. The third-order valence-corrected chi connectivity index (χ3v) is 7.48. The molecule has 2 aromatic heterocycles. The molecule has 2 aromatic rings. The van der Waals surface area contributed by atoms with Gasteiger partial charge in [0, 0.05) is 23.9 Å². The number of carbonyl (C=O) groups excluding carboxylic acids is 1. The third kappa shape index (κ3) is 3.81. The maximum absolute atomic E-state index is 13.9. The minimum absolute atomic E-state index is 0.0499. The molecular weight excluding hydrogens is 469 g/mol. The fourth-order valence-electron chi connectivity index (χ4n) is 4.23. The first kappa shape index (κ1) is 20.7. The molecule has 10 heteroatoms. The Bertz CT molecular complexity index is 883. The van der Waals surface area contributed by atoms with Crippen LogP contribution >= 0.6 is 27.3 Å². The van der Waals surface area contributed by atoms with Crippen molar-refractivity contribution in [2.24, 2.45) is 0 Å². The quantitative estimate of drug-likeness (QED) is 0.593. The van der Waals surface area contributed by atoms with Crippen LogP contribution < -0.4 is 5.32 Å². The first-order valence-corrected chi connectivity index (χ1v) is 11.4. The summed E-state index contributed by atoms with van der Waals surface area (Å²) in [5.41, 5.74) is 0.0499. The zero-order valence-corrected chi connectivity index (χ0v) is 18.3. The molecule has 5 nitrogen and oxygen atoms in total. The highest BCUT2D eigenvalue weighted by atomic mass is 79.9. The van der Waals surface area contributed by atoms with Crippen LogP contribution in [0, 0.1) is 0 Å². The van der Waals surface area contributed by atoms with Crippen molar-refractivity contribution in [1.82, 2.24) is 14.7 Å². The number of hydrogen-bond donors (Lipinski definition) is 1. The number of anilines is 1. The van der Waals surface area contributed by atoms with Crippen LogP contribution in [0.1, 0.15) is 66.5 Å². The third-order valence-electron chi connectivity index (χ3n) is 5.74. The van der Waals surface area contributed by atoms with E-state index in [0.717, 1.165) is 35.2 Å². The Morgan fingerprint density at radius 2 is 2.21 bits per heavy atom. The van der Waals surface area contributed by atoms with E-state index in [2.05, 4.69) is 26.3 Å². The SMILES string of the molecule is CC[C@@H]1CCCCN1C(=O)c1nn2c(c1Br)N[C@H](c1cccs1)C[C@H]2C(F)(F)F. The summed E-state index contributed by atoms with van der Waals surface area (Å²) in [5, 5.41) is 9.17. The molecule has 0 unspecified atom stereocenters. The predicted molar refractivity (Wildman–Crippen MR) is 109 cm³/mol. The molecule has 4 heterocycles. The summed E-state index contributed by atoms with van der Waals surface area (Å²) in [6, 6.07) is 1.48. The lowest BCUT2D eigenvalue weighted by molar-refractivity contribution is -0.173. The number of halogens is 4. The van der Waals surface area contributed by atoms with Crippen LogP contribution in [-0.4, -0.2) is 39.4 Å². The fourth-order valence-corrected chi connectivity index (χ4v) is 5.57. The van der Waals surface area contributed by atoms with Gasteiger partial charge in [-0.3, -0.25) is 4.79 Å². The van der Waals surface area contributed by atoms with Gasteiger partial charge in [-0.2, -0.15) is 18.3 Å². The first-order chi connectivity index (χ1) is 13.8. The molecule has 2 aliphatic heterocycles. The second-order valence-corrected chi connectivity index (χ2v) is 9.29. The molecule has 1 saturated heterocycles. The van der Waals surface area contributed by atoms with Crippen LogP contribution in [0.25, 0.3) is 0 Å². The summed E-state index contributed by atoms with van der Waals surface area (Å²) in [6.07, 6.45) is -0.936. The van der Waals surface area contributed by atoms with Gasteiger partial charge in [0.1, 0.15) is 5.82 Å². The average Bonchev–Trinajstić information content (AvgIpc) is 3.34. The maximum atomic E-state index is 13.9. The van der Waals surface area contributed by atoms with E-state index >= 15 is 0 Å². The number of alkyl halides is 3. The van der Waals surface area contributed by atoms with Crippen molar-refractivity contribution in [2.75, 3.05) is 11.9 Å². The highest BCUT2D eigenvalue weighted by Gasteiger charge is 2.48. The minimum atomic E-state index is -4.46. The summed E-state index contributed by atoms with van der Waals surface area (Å²) in [7, 11) is 0. The molecule has 158 valence electrons. The summed E-state index contributed by atoms with van der Waals surface area (Å²) in [5.74, 6) is -0.0916. The second-order valence-electron chi connectivity index (χ2n) is 7.52. The summed E-state index contributed by atoms with van der Waals surface area (Å²) >= 11 is 4.79. The van der Waals surface area contributed by atoms with Crippen molar-refractivity contribution in [2.45, 2.75) is 63.3 Å². The molecular formula is C19H22BrF3N4OS. The number of hydrogen-bond acceptors (Lipinski definition) is 4. The van der Waals surface area contributed by atoms with E-state index in [1.165, 1.54) is 11.3 Å². The maximum Gasteiger partial charge on any atom is 0.410 e. The van der Waals surface area contributed by atoms with E-state index < -0.39 is 18.3 Å². The number of piperidine rings is 1. The van der Waals surface area contributed by atoms with Crippen molar-refractivity contribution in [3.05, 3.63) is 32.6 Å². The first-order valence-electron chi connectivity index (χ1n) is 9.76. The largest absolute Gasteiger partial charge is 0.410 e. The summed E-state index contributed by atoms with van der Waals surface area (Å²) in [4.78, 5) is 15.8. The van der Waals surface area contributed by atoms with Gasteiger partial charge in [0.2, 0.25) is 0 Å². The zero-order valence-electron chi connectivity index (χ0n) is 15.9. The van der Waals surface area contributed by atoms with Gasteiger partial charge in [0.05, 0.1) is 10.5 Å². The predicted octanol–water partition coefficient (Wildman–Crippen LogP) is 5.77. The van der Waals surface area contributed by atoms with E-state index in [1.54, 1.807) is 4.90 Å². The molecule has 29 heavy (non-hydrogen) atoms. The topological polar surface area (TPSA) is 50.2 Å². The lowest BCUT2D eigenvalue weighted by atomic mass is 9.99. The average molecular weight is 491 g/mol. The zero-order chi connectivity index (χ0) is 20.8. The second kappa shape index (κ2) is 7.94. The summed E-state index contributed by atoms with van der Waals surface area (Å²) in [6.45, 7) is 2.64. The highest BCUT2D eigenvalue weighted by molar-refractivity contribution is 9.10. The van der Waals surface area contributed by atoms with Crippen molar-refractivity contribution >= 4 is 39.0 Å². The summed E-state index contributed by atoms with van der Waals surface area (Å²) < 4.78 is 42.8. The Hall–Kier alpha value is -1.55. The van der Waals surface area contributed by atoms with E-state index in [0.29, 0.717) is 11.0 Å². The van der Waals surface area contributed by atoms with E-state index in [4.69, 9.17) is 0 Å². The Morgan fingerprint density at radius 3 is 2.86 bits per heavy atom. The molecule has 0 radical (unpaired) electrons. The standard InChI is InChI=1S/C19H22BrF3N4OS/c1-2-11-6-3-4-8-26(11)18(28)16-15(20)17-24-12(13-7-5-9-29-13)10-14(19(21,22)23)27(17)25-16/h5,7,9,11-12,14,24H,2-4,6,8,10H2,1H3/t11-,12+,14+/m1/s1. The van der Waals surface area contributed by atoms with Gasteiger partial charge in [0.25, 0.3) is 5.91 Å². The van der Waals surface area contributed by atoms with Gasteiger partial charge in [-0.15, -0.1) is 11.3 Å². The number of rotatable bonds is 3. The van der Waals surface area contributed by atoms with Crippen molar-refractivity contribution in [3.8, 4) is 0 Å². The molecule has 1 N–H and O–H groups in total. The Labute approximate surface area is 179 Å². The molecule has 1 amide bonds. The van der Waals surface area contributed by atoms with Crippen LogP contribution in [0.15, 0.2) is 22.0 Å². The normalized spacial score (nSPS) is 24.9. The fraction of sp³-hybridized carbons (Fsp3) is 0.579. The molecule has 2 aliphatic rings. The van der Waals surface area contributed by atoms with E-state index in [9.17, 15) is 18.0 Å². The van der Waals surface area contributed by atoms with Gasteiger partial charge >= 0.3 is 6.18 Å². The number of nitrogens with zero attached hydrogens (tertiary/aromatic N) is 3. The number of likely N-dealkylation sites (tertiary alicyclic amines) is 1. The van der Waals surface area contributed by atoms with Crippen molar-refractivity contribution in [3.63, 3.8) is 0 Å². The molecule has 0 bridgehead atoms. The number of thiophene rings is 1. The number of nitrogens with one attached hydrogen (secondary N) is 1. The van der Waals surface area contributed by atoms with Crippen LogP contribution in [-0.2, 0) is 0 Å². The van der Waals surface area contributed by atoms with Gasteiger partial charge in [-0.1, -0.05) is 13.0 Å². The van der Waals surface area contributed by atoms with Crippen LogP contribution in [0.4, 0.5) is 19.0 Å². The monoisotopic (exact) mass is 490 g/mol. The van der Waals surface area contributed by atoms with Crippen LogP contribution in [0.5, 0.6) is 0 Å². The van der Waals surface area contributed by atoms with Crippen LogP contribution in [0.2, 0.25) is 0 Å².